The van der Waals surface area contributed by atoms with Gasteiger partial charge < -0.3 is 0 Å². The number of pyridine rings is 1. The van der Waals surface area contributed by atoms with Gasteiger partial charge in [-0.3, -0.25) is 14.2 Å². The number of aryl methyl sites for hydroxylation is 4. The van der Waals surface area contributed by atoms with Crippen LogP contribution >= 0.6 is 0 Å². The highest BCUT2D eigenvalue weighted by Crippen LogP contribution is 2.21. The van der Waals surface area contributed by atoms with Gasteiger partial charge in [-0.25, -0.2) is 10.4 Å². The molecule has 0 radical (unpaired) electrons. The Kier molecular flexibility index (Phi) is 4.35. The lowest BCUT2D eigenvalue weighted by Crippen LogP contribution is -2.21. The number of aromatic nitrogens is 5. The highest BCUT2D eigenvalue weighted by atomic mass is 16.2. The lowest BCUT2D eigenvalue weighted by molar-refractivity contribution is 0.0956. The molecular formula is C17H21N7O. The maximum atomic E-state index is 12.7. The second-order valence-electron chi connectivity index (χ2n) is 5.89. The van der Waals surface area contributed by atoms with Gasteiger partial charge in [-0.2, -0.15) is 15.3 Å². The molecule has 0 aliphatic heterocycles. The van der Waals surface area contributed by atoms with E-state index in [1.54, 1.807) is 16.9 Å². The van der Waals surface area contributed by atoms with Crippen molar-refractivity contribution < 1.29 is 4.79 Å². The van der Waals surface area contributed by atoms with Crippen molar-refractivity contribution in [3.05, 3.63) is 41.0 Å². The fourth-order valence-corrected chi connectivity index (χ4v) is 2.89. The molecule has 8 nitrogen and oxygen atoms in total. The first-order valence-electron chi connectivity index (χ1n) is 8.10. The van der Waals surface area contributed by atoms with E-state index in [2.05, 4.69) is 25.7 Å². The van der Waals surface area contributed by atoms with E-state index in [1.165, 1.54) is 0 Å². The van der Waals surface area contributed by atoms with Gasteiger partial charge in [-0.05, 0) is 39.8 Å². The highest BCUT2D eigenvalue weighted by Gasteiger charge is 2.17. The summed E-state index contributed by atoms with van der Waals surface area (Å²) in [6.45, 7) is 8.30. The number of rotatable bonds is 4. The molecule has 0 bridgehead atoms. The minimum Gasteiger partial charge on any atom is -0.267 e. The van der Waals surface area contributed by atoms with Gasteiger partial charge in [-0.15, -0.1) is 0 Å². The number of hydrogen-bond donors (Lipinski definition) is 1. The summed E-state index contributed by atoms with van der Waals surface area (Å²) in [4.78, 5) is 17.2. The van der Waals surface area contributed by atoms with E-state index < -0.39 is 0 Å². The van der Waals surface area contributed by atoms with Crippen LogP contribution in [0.2, 0.25) is 0 Å². The van der Waals surface area contributed by atoms with Gasteiger partial charge in [0.1, 0.15) is 0 Å². The Morgan fingerprint density at radius 3 is 2.84 bits per heavy atom. The van der Waals surface area contributed by atoms with Crippen molar-refractivity contribution in [2.75, 3.05) is 0 Å². The molecule has 25 heavy (non-hydrogen) atoms. The molecule has 0 saturated heterocycles. The molecule has 3 rings (SSSR count). The molecule has 0 aromatic carbocycles. The van der Waals surface area contributed by atoms with E-state index >= 15 is 0 Å². The van der Waals surface area contributed by atoms with Gasteiger partial charge in [0.25, 0.3) is 5.91 Å². The number of hydrogen-bond acceptors (Lipinski definition) is 5. The zero-order valence-corrected chi connectivity index (χ0v) is 15.0. The molecule has 0 unspecified atom stereocenters. The number of carbonyl (C=O) groups is 1. The molecule has 0 spiro atoms. The van der Waals surface area contributed by atoms with Crippen LogP contribution in [0.1, 0.15) is 41.3 Å². The van der Waals surface area contributed by atoms with Crippen molar-refractivity contribution >= 4 is 22.7 Å². The third-order valence-electron chi connectivity index (χ3n) is 4.05. The molecule has 0 fully saturated rings. The van der Waals surface area contributed by atoms with Crippen LogP contribution in [0.3, 0.4) is 0 Å². The van der Waals surface area contributed by atoms with Gasteiger partial charge >= 0.3 is 0 Å². The molecule has 3 aromatic rings. The highest BCUT2D eigenvalue weighted by molar-refractivity contribution is 6.07. The van der Waals surface area contributed by atoms with Crippen LogP contribution in [0.4, 0.5) is 0 Å². The van der Waals surface area contributed by atoms with Gasteiger partial charge in [0, 0.05) is 25.5 Å². The van der Waals surface area contributed by atoms with Gasteiger partial charge in [0.2, 0.25) is 0 Å². The molecule has 0 atom stereocenters. The Labute approximate surface area is 145 Å². The second kappa shape index (κ2) is 6.46. The Morgan fingerprint density at radius 2 is 2.12 bits per heavy atom. The van der Waals surface area contributed by atoms with Crippen LogP contribution in [0.15, 0.2) is 23.4 Å². The largest absolute Gasteiger partial charge is 0.272 e. The molecule has 3 heterocycles. The second-order valence-corrected chi connectivity index (χ2v) is 5.89. The summed E-state index contributed by atoms with van der Waals surface area (Å²) < 4.78 is 3.51. The summed E-state index contributed by atoms with van der Waals surface area (Å²) in [6, 6.07) is 3.63. The maximum absolute atomic E-state index is 12.7. The minimum atomic E-state index is -0.284. The fraction of sp³-hybridized carbons (Fsp3) is 0.353. The number of nitrogens with one attached hydrogen (secondary N) is 1. The Balaban J connectivity index is 1.94. The topological polar surface area (TPSA) is 90.0 Å². The van der Waals surface area contributed by atoms with Crippen LogP contribution in [0, 0.1) is 13.8 Å². The monoisotopic (exact) mass is 339 g/mol. The first kappa shape index (κ1) is 16.8. The average Bonchev–Trinajstić information content (AvgIpc) is 3.16. The molecule has 3 aromatic heterocycles. The normalized spacial score (nSPS) is 12.0. The number of carbonyl (C=O) groups excluding carboxylic acids is 1. The number of amides is 1. The molecule has 0 aliphatic rings. The van der Waals surface area contributed by atoms with E-state index in [0.29, 0.717) is 16.9 Å². The van der Waals surface area contributed by atoms with Crippen LogP contribution in [0.25, 0.3) is 11.0 Å². The van der Waals surface area contributed by atoms with Gasteiger partial charge in [0.15, 0.2) is 5.65 Å². The predicted octanol–water partition coefficient (Wildman–Crippen LogP) is 1.96. The first-order valence-corrected chi connectivity index (χ1v) is 8.10. The number of nitrogens with zero attached hydrogens (tertiary/aromatic N) is 6. The van der Waals surface area contributed by atoms with Crippen molar-refractivity contribution in [1.82, 2.24) is 30.0 Å². The Morgan fingerprint density at radius 1 is 1.36 bits per heavy atom. The van der Waals surface area contributed by atoms with Crippen LogP contribution < -0.4 is 5.43 Å². The van der Waals surface area contributed by atoms with Crippen molar-refractivity contribution in [2.45, 2.75) is 34.2 Å². The third kappa shape index (κ3) is 3.02. The zero-order valence-electron chi connectivity index (χ0n) is 15.0. The van der Waals surface area contributed by atoms with E-state index in [1.807, 2.05) is 45.5 Å². The standard InChI is InChI=1S/C17H21N7O/c1-6-24-14(7-8-18-24)11(3)20-21-17(25)13-9-10(2)19-16-15(13)12(4)22-23(16)5/h7-9H,6H2,1-5H3,(H,21,25)/b20-11+. The van der Waals surface area contributed by atoms with Crippen LogP contribution in [-0.4, -0.2) is 36.2 Å². The quantitative estimate of drug-likeness (QED) is 0.581. The van der Waals surface area contributed by atoms with Crippen molar-refractivity contribution in [3.8, 4) is 0 Å². The molecule has 0 aliphatic carbocycles. The summed E-state index contributed by atoms with van der Waals surface area (Å²) >= 11 is 0. The predicted molar refractivity (Wildman–Crippen MR) is 95.6 cm³/mol. The van der Waals surface area contributed by atoms with Gasteiger partial charge in [-0.1, -0.05) is 0 Å². The van der Waals surface area contributed by atoms with E-state index in [-0.39, 0.29) is 5.91 Å². The number of fused-ring (bicyclic) bond motifs is 1. The third-order valence-corrected chi connectivity index (χ3v) is 4.05. The Bertz CT molecular complexity index is 980. The molecular weight excluding hydrogens is 318 g/mol. The van der Waals surface area contributed by atoms with Crippen molar-refractivity contribution in [1.29, 1.82) is 0 Å². The van der Waals surface area contributed by atoms with Gasteiger partial charge in [0.05, 0.1) is 28.0 Å². The van der Waals surface area contributed by atoms with Crippen LogP contribution in [0.5, 0.6) is 0 Å². The first-order chi connectivity index (χ1) is 11.9. The minimum absolute atomic E-state index is 0.284. The SMILES string of the molecule is CCn1nccc1/C(C)=N/NC(=O)c1cc(C)nc2c1c(C)nn2C. The van der Waals surface area contributed by atoms with E-state index in [9.17, 15) is 4.79 Å². The van der Waals surface area contributed by atoms with Crippen molar-refractivity contribution in [2.24, 2.45) is 12.1 Å². The molecule has 1 amide bonds. The lowest BCUT2D eigenvalue weighted by atomic mass is 10.1. The summed E-state index contributed by atoms with van der Waals surface area (Å²) in [5, 5.41) is 13.6. The lowest BCUT2D eigenvalue weighted by Gasteiger charge is -2.07. The summed E-state index contributed by atoms with van der Waals surface area (Å²) in [5.74, 6) is -0.284. The maximum Gasteiger partial charge on any atom is 0.272 e. The molecule has 0 saturated carbocycles. The average molecular weight is 339 g/mol. The Hall–Kier alpha value is -3.03. The molecule has 1 N–H and O–H groups in total. The van der Waals surface area contributed by atoms with E-state index in [4.69, 9.17) is 0 Å². The smallest absolute Gasteiger partial charge is 0.267 e. The summed E-state index contributed by atoms with van der Waals surface area (Å²) in [5.41, 5.74) is 6.93. The summed E-state index contributed by atoms with van der Waals surface area (Å²) in [7, 11) is 1.82. The van der Waals surface area contributed by atoms with Crippen molar-refractivity contribution in [3.63, 3.8) is 0 Å². The van der Waals surface area contributed by atoms with Crippen LogP contribution in [-0.2, 0) is 13.6 Å². The van der Waals surface area contributed by atoms with E-state index in [0.717, 1.165) is 29.0 Å². The fourth-order valence-electron chi connectivity index (χ4n) is 2.89. The zero-order chi connectivity index (χ0) is 18.1. The molecule has 130 valence electrons. The summed E-state index contributed by atoms with van der Waals surface area (Å²) in [6.07, 6.45) is 1.72. The molecule has 8 heteroatoms. The number of hydrazone groups is 1.